The second-order valence-electron chi connectivity index (χ2n) is 5.47. The number of halogens is 4. The van der Waals surface area contributed by atoms with Gasteiger partial charge in [-0.15, -0.1) is 0 Å². The molecule has 1 unspecified atom stereocenters. The smallest absolute Gasteiger partial charge is 0.430 e. The number of fused-ring (bicyclic) bond motifs is 1. The molecule has 9 heteroatoms. The van der Waals surface area contributed by atoms with Gasteiger partial charge < -0.3 is 14.6 Å². The molecule has 2 aromatic rings. The van der Waals surface area contributed by atoms with Gasteiger partial charge in [-0.25, -0.2) is 4.79 Å². The van der Waals surface area contributed by atoms with Crippen molar-refractivity contribution in [2.45, 2.75) is 12.3 Å². The Morgan fingerprint density at radius 2 is 1.89 bits per heavy atom. The number of carboxylic acid groups (broad SMARTS) is 1. The molecule has 1 aliphatic heterocycles. The van der Waals surface area contributed by atoms with Gasteiger partial charge >= 0.3 is 12.1 Å². The van der Waals surface area contributed by atoms with E-state index in [-0.39, 0.29) is 27.8 Å². The van der Waals surface area contributed by atoms with E-state index in [0.717, 1.165) is 6.08 Å². The molecule has 0 aliphatic carbocycles. The lowest BCUT2D eigenvalue weighted by atomic mass is 10.0. The van der Waals surface area contributed by atoms with Crippen LogP contribution in [0.5, 0.6) is 17.2 Å². The standard InChI is InChI=1S/C18H9ClF3NO4/c19-13-5-6-14-11(7-12(17(24)25)16(27-14)18(20,21)22)15(13)26-10-3-1-9(8-23)2-4-10/h1-7,16H,(H,24,25). The van der Waals surface area contributed by atoms with Crippen molar-refractivity contribution < 1.29 is 32.5 Å². The summed E-state index contributed by atoms with van der Waals surface area (Å²) in [5.41, 5.74) is -0.625. The van der Waals surface area contributed by atoms with Gasteiger partial charge in [0.25, 0.3) is 0 Å². The fraction of sp³-hybridized carbons (Fsp3) is 0.111. The van der Waals surface area contributed by atoms with E-state index >= 15 is 0 Å². The van der Waals surface area contributed by atoms with Crippen LogP contribution in [0.15, 0.2) is 42.0 Å². The van der Waals surface area contributed by atoms with Crippen LogP contribution < -0.4 is 9.47 Å². The van der Waals surface area contributed by atoms with E-state index in [0.29, 0.717) is 5.56 Å². The van der Waals surface area contributed by atoms with Gasteiger partial charge in [0.05, 0.1) is 27.8 Å². The first kappa shape index (κ1) is 18.6. The number of ether oxygens (including phenoxy) is 2. The number of nitrogens with zero attached hydrogens (tertiary/aromatic N) is 1. The number of alkyl halides is 3. The Kier molecular flexibility index (Phi) is 4.72. The molecule has 1 N–H and O–H groups in total. The molecule has 0 saturated carbocycles. The molecule has 1 atom stereocenters. The Balaban J connectivity index is 2.08. The van der Waals surface area contributed by atoms with E-state index in [4.69, 9.17) is 31.4 Å². The summed E-state index contributed by atoms with van der Waals surface area (Å²) < 4.78 is 49.9. The SMILES string of the molecule is N#Cc1ccc(Oc2c(Cl)ccc3c2C=C(C(=O)O)C(C(F)(F)F)O3)cc1. The molecule has 0 fully saturated rings. The van der Waals surface area contributed by atoms with Gasteiger partial charge in [-0.3, -0.25) is 0 Å². The van der Waals surface area contributed by atoms with E-state index in [2.05, 4.69) is 0 Å². The van der Waals surface area contributed by atoms with Crippen molar-refractivity contribution in [2.24, 2.45) is 0 Å². The van der Waals surface area contributed by atoms with Crippen LogP contribution in [0.3, 0.4) is 0 Å². The molecule has 0 saturated heterocycles. The number of carboxylic acids is 1. The number of rotatable bonds is 3. The summed E-state index contributed by atoms with van der Waals surface area (Å²) in [4.78, 5) is 11.3. The largest absolute Gasteiger partial charge is 0.478 e. The molecule has 0 amide bonds. The molecule has 1 aliphatic rings. The highest BCUT2D eigenvalue weighted by molar-refractivity contribution is 6.32. The number of carbonyl (C=O) groups is 1. The van der Waals surface area contributed by atoms with Gasteiger partial charge in [0.15, 0.2) is 5.75 Å². The maximum Gasteiger partial charge on any atom is 0.430 e. The van der Waals surface area contributed by atoms with Gasteiger partial charge in [-0.2, -0.15) is 18.4 Å². The van der Waals surface area contributed by atoms with Crippen molar-refractivity contribution in [3.8, 4) is 23.3 Å². The Labute approximate surface area is 155 Å². The molecular formula is C18H9ClF3NO4. The van der Waals surface area contributed by atoms with Crippen LogP contribution in [0.1, 0.15) is 11.1 Å². The van der Waals surface area contributed by atoms with E-state index < -0.39 is 23.8 Å². The van der Waals surface area contributed by atoms with E-state index in [1.807, 2.05) is 6.07 Å². The molecule has 0 radical (unpaired) electrons. The molecule has 5 nitrogen and oxygen atoms in total. The van der Waals surface area contributed by atoms with Crippen LogP contribution in [0, 0.1) is 11.3 Å². The second-order valence-corrected chi connectivity index (χ2v) is 5.88. The van der Waals surface area contributed by atoms with E-state index in [1.165, 1.54) is 36.4 Å². The average molecular weight is 396 g/mol. The predicted octanol–water partition coefficient (Wildman–Crippen LogP) is 4.80. The minimum Gasteiger partial charge on any atom is -0.478 e. The van der Waals surface area contributed by atoms with E-state index in [9.17, 15) is 18.0 Å². The highest BCUT2D eigenvalue weighted by atomic mass is 35.5. The molecule has 3 rings (SSSR count). The summed E-state index contributed by atoms with van der Waals surface area (Å²) in [5, 5.41) is 18.0. The van der Waals surface area contributed by atoms with Crippen molar-refractivity contribution in [2.75, 3.05) is 0 Å². The van der Waals surface area contributed by atoms with Crippen molar-refractivity contribution in [3.05, 3.63) is 58.1 Å². The summed E-state index contributed by atoms with van der Waals surface area (Å²) in [5.74, 6) is -1.78. The fourth-order valence-corrected chi connectivity index (χ4v) is 2.66. The first-order chi connectivity index (χ1) is 12.7. The number of nitriles is 1. The van der Waals surface area contributed by atoms with Crippen molar-refractivity contribution in [3.63, 3.8) is 0 Å². The van der Waals surface area contributed by atoms with Gasteiger partial charge in [0.1, 0.15) is 11.5 Å². The van der Waals surface area contributed by atoms with Gasteiger partial charge in [0, 0.05) is 0 Å². The average Bonchev–Trinajstić information content (AvgIpc) is 2.62. The molecule has 27 heavy (non-hydrogen) atoms. The second kappa shape index (κ2) is 6.85. The Morgan fingerprint density at radius 1 is 1.22 bits per heavy atom. The fourth-order valence-electron chi connectivity index (χ4n) is 2.45. The predicted molar refractivity (Wildman–Crippen MR) is 88.8 cm³/mol. The summed E-state index contributed by atoms with van der Waals surface area (Å²) in [6.07, 6.45) is -6.67. The topological polar surface area (TPSA) is 79.5 Å². The Bertz CT molecular complexity index is 978. The molecule has 0 bridgehead atoms. The number of benzene rings is 2. The van der Waals surface area contributed by atoms with Crippen LogP contribution in [0.4, 0.5) is 13.2 Å². The summed E-state index contributed by atoms with van der Waals surface area (Å²) in [7, 11) is 0. The van der Waals surface area contributed by atoms with Crippen molar-refractivity contribution in [1.82, 2.24) is 0 Å². The molecule has 2 aromatic carbocycles. The zero-order valence-corrected chi connectivity index (χ0v) is 14.0. The number of hydrogen-bond donors (Lipinski definition) is 1. The molecule has 138 valence electrons. The normalized spacial score (nSPS) is 15.8. The first-order valence-corrected chi connectivity index (χ1v) is 7.77. The summed E-state index contributed by atoms with van der Waals surface area (Å²) >= 11 is 6.09. The quantitative estimate of drug-likeness (QED) is 0.807. The lowest BCUT2D eigenvalue weighted by Crippen LogP contribution is -2.40. The molecule has 0 aromatic heterocycles. The van der Waals surface area contributed by atoms with Crippen LogP contribution in [-0.2, 0) is 4.79 Å². The zero-order valence-electron chi connectivity index (χ0n) is 13.2. The molecular weight excluding hydrogens is 387 g/mol. The molecule has 0 spiro atoms. The minimum atomic E-state index is -4.91. The monoisotopic (exact) mass is 395 g/mol. The third-order valence-electron chi connectivity index (χ3n) is 3.68. The summed E-state index contributed by atoms with van der Waals surface area (Å²) in [6, 6.07) is 10.3. The Morgan fingerprint density at radius 3 is 2.44 bits per heavy atom. The van der Waals surface area contributed by atoms with E-state index in [1.54, 1.807) is 0 Å². The van der Waals surface area contributed by atoms with Gasteiger partial charge in [-0.05, 0) is 42.5 Å². The molecule has 1 heterocycles. The van der Waals surface area contributed by atoms with Gasteiger partial charge in [0.2, 0.25) is 6.10 Å². The minimum absolute atomic E-state index is 0.0234. The van der Waals surface area contributed by atoms with Crippen LogP contribution >= 0.6 is 11.6 Å². The highest BCUT2D eigenvalue weighted by Gasteiger charge is 2.48. The third-order valence-corrected chi connectivity index (χ3v) is 3.98. The number of aliphatic carboxylic acids is 1. The van der Waals surface area contributed by atoms with Crippen molar-refractivity contribution >= 4 is 23.6 Å². The first-order valence-electron chi connectivity index (χ1n) is 7.39. The van der Waals surface area contributed by atoms with Crippen LogP contribution in [0.2, 0.25) is 5.02 Å². The Hall–Kier alpha value is -3.18. The van der Waals surface area contributed by atoms with Gasteiger partial charge in [-0.1, -0.05) is 11.6 Å². The third kappa shape index (κ3) is 3.68. The van der Waals surface area contributed by atoms with Crippen LogP contribution in [0.25, 0.3) is 6.08 Å². The number of hydrogen-bond acceptors (Lipinski definition) is 4. The van der Waals surface area contributed by atoms with Crippen LogP contribution in [-0.4, -0.2) is 23.4 Å². The summed E-state index contributed by atoms with van der Waals surface area (Å²) in [6.45, 7) is 0. The maximum absolute atomic E-state index is 13.1. The lowest BCUT2D eigenvalue weighted by molar-refractivity contribution is -0.187. The van der Waals surface area contributed by atoms with Crippen molar-refractivity contribution in [1.29, 1.82) is 5.26 Å². The zero-order chi connectivity index (χ0) is 19.8. The maximum atomic E-state index is 13.1. The lowest BCUT2D eigenvalue weighted by Gasteiger charge is -2.28. The highest BCUT2D eigenvalue weighted by Crippen LogP contribution is 2.45.